The zero-order valence-electron chi connectivity index (χ0n) is 22.8. The maximum absolute atomic E-state index is 13.5. The first-order chi connectivity index (χ1) is 19.9. The summed E-state index contributed by atoms with van der Waals surface area (Å²) >= 11 is 1.28. The maximum atomic E-state index is 13.5. The standard InChI is InChI=1S/C29H27N3O9S/c1-4-19(33)41-15-10-11-16-18(12-15)40-13-17(22(16)34)24(35)30-20(14-8-6-5-7-9-14)25(36)31-21-26(37)32-23(28(38)39)29(2,3)42-27(21)32/h5-13,20-21,23,27H,4H2,1-3H3,(H,30,35)(H,31,36)(H,38,39)/t20?,21-,23+,27-/m1/s1. The molecule has 0 aliphatic carbocycles. The molecule has 1 aromatic heterocycles. The summed E-state index contributed by atoms with van der Waals surface area (Å²) in [5, 5.41) is 14.4. The Morgan fingerprint density at radius 2 is 1.83 bits per heavy atom. The van der Waals surface area contributed by atoms with Gasteiger partial charge in [-0.3, -0.25) is 24.0 Å². The Balaban J connectivity index is 1.38. The van der Waals surface area contributed by atoms with E-state index < -0.39 is 63.3 Å². The summed E-state index contributed by atoms with van der Waals surface area (Å²) in [4.78, 5) is 77.6. The van der Waals surface area contributed by atoms with Gasteiger partial charge in [0.1, 0.15) is 46.7 Å². The first kappa shape index (κ1) is 28.9. The summed E-state index contributed by atoms with van der Waals surface area (Å²) in [5.74, 6) is -3.55. The number of esters is 1. The highest BCUT2D eigenvalue weighted by Gasteiger charge is 2.64. The molecule has 2 saturated heterocycles. The molecule has 12 nitrogen and oxygen atoms in total. The fourth-order valence-corrected chi connectivity index (χ4v) is 6.69. The van der Waals surface area contributed by atoms with Crippen LogP contribution < -0.4 is 20.8 Å². The molecule has 4 atom stereocenters. The van der Waals surface area contributed by atoms with E-state index in [-0.39, 0.29) is 28.7 Å². The Bertz CT molecular complexity index is 1670. The number of carboxylic acid groups (broad SMARTS) is 1. The fourth-order valence-electron chi connectivity index (χ4n) is 5.07. The number of nitrogens with one attached hydrogen (secondary N) is 2. The van der Waals surface area contributed by atoms with Gasteiger partial charge in [-0.05, 0) is 31.5 Å². The average Bonchev–Trinajstić information content (AvgIpc) is 3.22. The molecule has 1 unspecified atom stereocenters. The number of carbonyl (C=O) groups is 5. The molecule has 5 rings (SSSR count). The van der Waals surface area contributed by atoms with Gasteiger partial charge >= 0.3 is 11.9 Å². The van der Waals surface area contributed by atoms with E-state index in [0.29, 0.717) is 5.56 Å². The van der Waals surface area contributed by atoms with Gasteiger partial charge in [0.05, 0.1) is 5.39 Å². The first-order valence-electron chi connectivity index (χ1n) is 13.1. The molecule has 42 heavy (non-hydrogen) atoms. The van der Waals surface area contributed by atoms with Gasteiger partial charge in [-0.15, -0.1) is 11.8 Å². The molecule has 0 saturated carbocycles. The molecule has 3 N–H and O–H groups in total. The Morgan fingerprint density at radius 1 is 1.12 bits per heavy atom. The molecule has 2 aliphatic rings. The van der Waals surface area contributed by atoms with Crippen molar-refractivity contribution in [2.24, 2.45) is 0 Å². The van der Waals surface area contributed by atoms with Crippen molar-refractivity contribution in [3.8, 4) is 5.75 Å². The molecule has 3 heterocycles. The maximum Gasteiger partial charge on any atom is 0.327 e. The lowest BCUT2D eigenvalue weighted by Gasteiger charge is -2.44. The van der Waals surface area contributed by atoms with E-state index in [1.165, 1.54) is 34.9 Å². The van der Waals surface area contributed by atoms with Crippen LogP contribution in [0.2, 0.25) is 0 Å². The van der Waals surface area contributed by atoms with E-state index in [0.717, 1.165) is 6.26 Å². The number of β-lactam (4-membered cyclic amide) rings is 1. The van der Waals surface area contributed by atoms with Gasteiger partial charge in [0.2, 0.25) is 17.2 Å². The Kier molecular flexibility index (Phi) is 7.54. The summed E-state index contributed by atoms with van der Waals surface area (Å²) in [6.07, 6.45) is 1.12. The molecule has 13 heteroatoms. The van der Waals surface area contributed by atoms with Crippen LogP contribution in [-0.2, 0) is 19.2 Å². The molecule has 2 aliphatic heterocycles. The Morgan fingerprint density at radius 3 is 2.50 bits per heavy atom. The van der Waals surface area contributed by atoms with Crippen LogP contribution >= 0.6 is 11.8 Å². The van der Waals surface area contributed by atoms with Crippen LogP contribution in [0.15, 0.2) is 64.0 Å². The van der Waals surface area contributed by atoms with Crippen molar-refractivity contribution in [3.05, 3.63) is 76.1 Å². The first-order valence-corrected chi connectivity index (χ1v) is 14.0. The van der Waals surface area contributed by atoms with Crippen LogP contribution in [0.25, 0.3) is 11.0 Å². The molecule has 218 valence electrons. The molecule has 0 radical (unpaired) electrons. The second kappa shape index (κ2) is 11.0. The van der Waals surface area contributed by atoms with Crippen LogP contribution in [0.5, 0.6) is 5.75 Å². The van der Waals surface area contributed by atoms with Crippen LogP contribution in [0.1, 0.15) is 49.2 Å². The number of nitrogens with zero attached hydrogens (tertiary/aromatic N) is 1. The predicted octanol–water partition coefficient (Wildman–Crippen LogP) is 2.21. The van der Waals surface area contributed by atoms with Crippen LogP contribution in [0.4, 0.5) is 0 Å². The minimum absolute atomic E-state index is 0.0636. The summed E-state index contributed by atoms with van der Waals surface area (Å²) in [6.45, 7) is 5.09. The normalized spacial score (nSPS) is 21.2. The minimum Gasteiger partial charge on any atom is -0.480 e. The number of aliphatic carboxylic acids is 1. The Hall–Kier alpha value is -4.65. The highest BCUT2D eigenvalue weighted by Crippen LogP contribution is 2.50. The third-order valence-corrected chi connectivity index (χ3v) is 8.73. The molecule has 2 aromatic carbocycles. The highest BCUT2D eigenvalue weighted by atomic mass is 32.2. The topological polar surface area (TPSA) is 172 Å². The summed E-state index contributed by atoms with van der Waals surface area (Å²) in [7, 11) is 0. The zero-order chi connectivity index (χ0) is 30.3. The van der Waals surface area contributed by atoms with Crippen LogP contribution in [0, 0.1) is 0 Å². The number of hydrogen-bond donors (Lipinski definition) is 3. The van der Waals surface area contributed by atoms with E-state index in [1.54, 1.807) is 51.1 Å². The lowest BCUT2D eigenvalue weighted by atomic mass is 9.95. The van der Waals surface area contributed by atoms with Gasteiger partial charge in [0.15, 0.2) is 0 Å². The van der Waals surface area contributed by atoms with Crippen molar-refractivity contribution in [2.45, 2.75) is 55.4 Å². The molecular formula is C29H27N3O9S. The van der Waals surface area contributed by atoms with Crippen LogP contribution in [0.3, 0.4) is 0 Å². The second-order valence-corrected chi connectivity index (χ2v) is 12.1. The minimum atomic E-state index is -1.29. The van der Waals surface area contributed by atoms with Crippen molar-refractivity contribution in [1.29, 1.82) is 0 Å². The number of amides is 3. The fraction of sp³-hybridized carbons (Fsp3) is 0.310. The number of carbonyl (C=O) groups excluding carboxylic acids is 4. The predicted molar refractivity (Wildman–Crippen MR) is 151 cm³/mol. The van der Waals surface area contributed by atoms with E-state index in [2.05, 4.69) is 10.6 Å². The third kappa shape index (κ3) is 5.11. The smallest absolute Gasteiger partial charge is 0.327 e. The van der Waals surface area contributed by atoms with Crippen LogP contribution in [-0.4, -0.2) is 61.9 Å². The van der Waals surface area contributed by atoms with Crippen molar-refractivity contribution in [2.75, 3.05) is 0 Å². The van der Waals surface area contributed by atoms with Crippen molar-refractivity contribution >= 4 is 52.4 Å². The number of thioether (sulfide) groups is 1. The highest BCUT2D eigenvalue weighted by molar-refractivity contribution is 8.01. The summed E-state index contributed by atoms with van der Waals surface area (Å²) in [5.41, 5.74) is -0.538. The summed E-state index contributed by atoms with van der Waals surface area (Å²) < 4.78 is 9.86. The number of benzene rings is 2. The largest absolute Gasteiger partial charge is 0.480 e. The summed E-state index contributed by atoms with van der Waals surface area (Å²) in [6, 6.07) is 9.09. The molecule has 3 aromatic rings. The van der Waals surface area contributed by atoms with Gasteiger partial charge in [0.25, 0.3) is 5.91 Å². The SMILES string of the molecule is CCC(=O)Oc1ccc2c(=O)c(C(=O)NC(C(=O)N[C@@H]3C(=O)N4[C@@H]3SC(C)(C)[C@@H]4C(=O)O)c3ccccc3)coc2c1. The lowest BCUT2D eigenvalue weighted by molar-refractivity contribution is -0.161. The van der Waals surface area contributed by atoms with Gasteiger partial charge in [-0.25, -0.2) is 4.79 Å². The van der Waals surface area contributed by atoms with Gasteiger partial charge in [-0.1, -0.05) is 37.3 Å². The van der Waals surface area contributed by atoms with Crippen molar-refractivity contribution in [1.82, 2.24) is 15.5 Å². The molecule has 0 spiro atoms. The third-order valence-electron chi connectivity index (χ3n) is 7.15. The zero-order valence-corrected chi connectivity index (χ0v) is 23.6. The number of ether oxygens (including phenoxy) is 1. The Labute approximate surface area is 243 Å². The lowest BCUT2D eigenvalue weighted by Crippen LogP contribution is -2.71. The number of rotatable bonds is 8. The van der Waals surface area contributed by atoms with E-state index in [4.69, 9.17) is 9.15 Å². The molecule has 0 bridgehead atoms. The number of fused-ring (bicyclic) bond motifs is 2. The molecule has 3 amide bonds. The monoisotopic (exact) mass is 593 g/mol. The molecule has 2 fully saturated rings. The van der Waals surface area contributed by atoms with E-state index >= 15 is 0 Å². The van der Waals surface area contributed by atoms with Gasteiger partial charge in [-0.2, -0.15) is 0 Å². The quantitative estimate of drug-likeness (QED) is 0.200. The van der Waals surface area contributed by atoms with Crippen molar-refractivity contribution < 1.29 is 38.2 Å². The van der Waals surface area contributed by atoms with E-state index in [9.17, 15) is 33.9 Å². The van der Waals surface area contributed by atoms with Gasteiger partial charge in [0, 0.05) is 17.2 Å². The average molecular weight is 594 g/mol. The van der Waals surface area contributed by atoms with Gasteiger partial charge < -0.3 is 29.8 Å². The number of hydrogen-bond acceptors (Lipinski definition) is 9. The molecular weight excluding hydrogens is 566 g/mol. The van der Waals surface area contributed by atoms with Crippen molar-refractivity contribution in [3.63, 3.8) is 0 Å². The second-order valence-electron chi connectivity index (χ2n) is 10.4. The van der Waals surface area contributed by atoms with E-state index in [1.807, 2.05) is 0 Å². The number of carboxylic acids is 1.